The van der Waals surface area contributed by atoms with E-state index in [1.807, 2.05) is 31.3 Å². The van der Waals surface area contributed by atoms with Crippen LogP contribution >= 0.6 is 0 Å². The predicted molar refractivity (Wildman–Crippen MR) is 127 cm³/mol. The van der Waals surface area contributed by atoms with Crippen LogP contribution in [0.4, 0.5) is 0 Å². The van der Waals surface area contributed by atoms with Crippen molar-refractivity contribution in [1.29, 1.82) is 0 Å². The highest BCUT2D eigenvalue weighted by Crippen LogP contribution is 2.38. The van der Waals surface area contributed by atoms with Crippen molar-refractivity contribution < 1.29 is 13.0 Å². The topological polar surface area (TPSA) is 104 Å². The summed E-state index contributed by atoms with van der Waals surface area (Å²) in [5.41, 5.74) is 3.68. The van der Waals surface area contributed by atoms with Gasteiger partial charge in [-0.05, 0) is 31.4 Å². The Hall–Kier alpha value is -2.59. The van der Waals surface area contributed by atoms with Gasteiger partial charge in [-0.3, -0.25) is 4.99 Å². The maximum absolute atomic E-state index is 12.6. The van der Waals surface area contributed by atoms with Crippen LogP contribution in [-0.2, 0) is 10.0 Å². The quantitative estimate of drug-likeness (QED) is 0.518. The summed E-state index contributed by atoms with van der Waals surface area (Å²) in [5, 5.41) is 1.10. The summed E-state index contributed by atoms with van der Waals surface area (Å²) in [6, 6.07) is 10.2. The van der Waals surface area contributed by atoms with Crippen LogP contribution < -0.4 is 5.84 Å². The lowest BCUT2D eigenvalue weighted by Gasteiger charge is -2.31. The number of para-hydroxylation sites is 1. The van der Waals surface area contributed by atoms with E-state index in [0.29, 0.717) is 19.5 Å². The van der Waals surface area contributed by atoms with Crippen molar-refractivity contribution in [2.75, 3.05) is 18.8 Å². The van der Waals surface area contributed by atoms with Gasteiger partial charge in [0.05, 0.1) is 18.2 Å². The van der Waals surface area contributed by atoms with Gasteiger partial charge in [-0.2, -0.15) is 10.8 Å². The Labute approximate surface area is 188 Å². The smallest absolute Gasteiger partial charge is 0.281 e. The summed E-state index contributed by atoms with van der Waals surface area (Å²) < 4.78 is 26.8. The number of nitrogens with two attached hydrogens (primary N) is 1. The number of aliphatic imine (C=N–C) groups is 2. The second-order valence-electron chi connectivity index (χ2n) is 8.67. The fourth-order valence-corrected chi connectivity index (χ4v) is 6.42. The maximum Gasteiger partial charge on any atom is 0.281 e. The number of H-pyrrole nitrogens is 1. The first-order chi connectivity index (χ1) is 15.4. The first-order valence-corrected chi connectivity index (χ1v) is 12.8. The number of quaternary nitrogens is 1. The maximum atomic E-state index is 12.6. The average molecular weight is 454 g/mol. The lowest BCUT2D eigenvalue weighted by Crippen LogP contribution is -2.53. The molecule has 1 aromatic heterocycles. The van der Waals surface area contributed by atoms with Crippen molar-refractivity contribution in [3.8, 4) is 0 Å². The van der Waals surface area contributed by atoms with Crippen molar-refractivity contribution >= 4 is 33.0 Å². The van der Waals surface area contributed by atoms with E-state index in [2.05, 4.69) is 22.1 Å². The molecule has 0 amide bonds. The lowest BCUT2D eigenvalue weighted by molar-refractivity contribution is -0.750. The van der Waals surface area contributed by atoms with Crippen molar-refractivity contribution in [1.82, 2.24) is 9.29 Å². The van der Waals surface area contributed by atoms with Gasteiger partial charge in [-0.15, -0.1) is 4.59 Å². The largest absolute Gasteiger partial charge is 0.349 e. The Morgan fingerprint density at radius 3 is 2.78 bits per heavy atom. The highest BCUT2D eigenvalue weighted by molar-refractivity contribution is 7.89. The van der Waals surface area contributed by atoms with E-state index < -0.39 is 10.0 Å². The number of hydrogen-bond acceptors (Lipinski definition) is 5. The normalized spacial score (nSPS) is 24.4. The number of aromatic nitrogens is 1. The molecule has 1 atom stereocenters. The van der Waals surface area contributed by atoms with Crippen LogP contribution in [-0.4, -0.2) is 53.2 Å². The predicted octanol–water partition coefficient (Wildman–Crippen LogP) is 3.23. The number of unbranched alkanes of at least 4 members (excludes halogenated alkanes) is 1. The Balaban J connectivity index is 1.44. The summed E-state index contributed by atoms with van der Waals surface area (Å²) in [6.07, 6.45) is 8.37. The standard InChI is InChI=1S/C23H29N6O2S/c1-2-3-14-32(30,31)28-11-8-17(9-12-28)22-21-16-25-10-13-29(21,24)23(27-22)20-15-18-6-4-5-7-19(18)26-20/h4-7,10,13,15-17,26H,2-3,8-9,11-12,14,24H2,1H3/q+1. The van der Waals surface area contributed by atoms with Gasteiger partial charge < -0.3 is 4.98 Å². The van der Waals surface area contributed by atoms with Crippen molar-refractivity contribution in [2.45, 2.75) is 32.6 Å². The van der Waals surface area contributed by atoms with Gasteiger partial charge in [0.15, 0.2) is 0 Å². The van der Waals surface area contributed by atoms with Gasteiger partial charge in [0.1, 0.15) is 17.6 Å². The zero-order valence-electron chi connectivity index (χ0n) is 18.2. The molecule has 1 unspecified atom stereocenters. The summed E-state index contributed by atoms with van der Waals surface area (Å²) in [5.74, 6) is 7.95. The van der Waals surface area contributed by atoms with Crippen molar-refractivity contribution in [2.24, 2.45) is 21.7 Å². The second kappa shape index (κ2) is 8.08. The van der Waals surface area contributed by atoms with E-state index in [1.165, 1.54) is 0 Å². The number of benzene rings is 1. The van der Waals surface area contributed by atoms with Gasteiger partial charge in [0.25, 0.3) is 5.84 Å². The Morgan fingerprint density at radius 1 is 1.25 bits per heavy atom. The van der Waals surface area contributed by atoms with Crippen LogP contribution in [0.2, 0.25) is 0 Å². The monoisotopic (exact) mass is 453 g/mol. The Morgan fingerprint density at radius 2 is 2.03 bits per heavy atom. The molecule has 5 rings (SSSR count). The van der Waals surface area contributed by atoms with Crippen molar-refractivity contribution in [3.05, 3.63) is 59.8 Å². The van der Waals surface area contributed by atoms with Crippen molar-refractivity contribution in [3.63, 3.8) is 0 Å². The molecule has 3 N–H and O–H groups in total. The molecule has 2 aromatic rings. The van der Waals surface area contributed by atoms with E-state index in [0.717, 1.165) is 53.1 Å². The number of hydrogen-bond donors (Lipinski definition) is 2. The molecular formula is C23H29N6O2S+. The fourth-order valence-electron chi connectivity index (χ4n) is 4.74. The first-order valence-electron chi connectivity index (χ1n) is 11.2. The zero-order chi connectivity index (χ0) is 22.3. The third-order valence-corrected chi connectivity index (χ3v) is 8.54. The van der Waals surface area contributed by atoms with Gasteiger partial charge in [0.2, 0.25) is 15.7 Å². The number of nitrogens with zero attached hydrogens (tertiary/aromatic N) is 4. The van der Waals surface area contributed by atoms with Gasteiger partial charge in [-0.1, -0.05) is 31.5 Å². The van der Waals surface area contributed by atoms with Gasteiger partial charge in [-0.25, -0.2) is 12.7 Å². The van der Waals surface area contributed by atoms with Gasteiger partial charge >= 0.3 is 0 Å². The van der Waals surface area contributed by atoms with Crippen LogP contribution in [0.5, 0.6) is 0 Å². The number of sulfonamides is 1. The highest BCUT2D eigenvalue weighted by atomic mass is 32.2. The molecule has 1 fully saturated rings. The third kappa shape index (κ3) is 3.55. The summed E-state index contributed by atoms with van der Waals surface area (Å²) >= 11 is 0. The molecule has 4 heterocycles. The molecule has 8 nitrogen and oxygen atoms in total. The summed E-state index contributed by atoms with van der Waals surface area (Å²) in [4.78, 5) is 12.8. The minimum absolute atomic E-state index is 0.0271. The fraction of sp³-hybridized carbons (Fsp3) is 0.391. The number of nitrogens with one attached hydrogen (secondary N) is 1. The molecular weight excluding hydrogens is 424 g/mol. The number of aromatic amines is 1. The molecule has 0 saturated carbocycles. The minimum Gasteiger partial charge on any atom is -0.349 e. The lowest BCUT2D eigenvalue weighted by atomic mass is 9.93. The highest BCUT2D eigenvalue weighted by Gasteiger charge is 2.47. The first kappa shape index (κ1) is 21.3. The molecule has 0 aliphatic carbocycles. The SMILES string of the molecule is CCCCS(=O)(=O)N1CCC(C2=C3C=NC=C[N+]3(N)C(c3cc4ccccc4[nH]3)=N2)CC1. The van der Waals surface area contributed by atoms with E-state index in [1.54, 1.807) is 16.7 Å². The average Bonchev–Trinajstić information content (AvgIpc) is 3.36. The van der Waals surface area contributed by atoms with E-state index in [4.69, 9.17) is 10.8 Å². The molecule has 3 aliphatic rings. The summed E-state index contributed by atoms with van der Waals surface area (Å²) in [7, 11) is -3.19. The molecule has 0 spiro atoms. The minimum atomic E-state index is -3.19. The molecule has 32 heavy (non-hydrogen) atoms. The number of allylic oxidation sites excluding steroid dienone is 2. The molecule has 1 saturated heterocycles. The molecule has 0 bridgehead atoms. The molecule has 1 aromatic carbocycles. The number of fused-ring (bicyclic) bond motifs is 2. The second-order valence-corrected chi connectivity index (χ2v) is 10.8. The third-order valence-electron chi connectivity index (χ3n) is 6.58. The molecule has 168 valence electrons. The zero-order valence-corrected chi connectivity index (χ0v) is 19.1. The van der Waals surface area contributed by atoms with Crippen LogP contribution in [0.3, 0.4) is 0 Å². The van der Waals surface area contributed by atoms with Gasteiger partial charge in [0, 0.05) is 29.9 Å². The van der Waals surface area contributed by atoms with E-state index >= 15 is 0 Å². The molecule has 3 aliphatic heterocycles. The van der Waals surface area contributed by atoms with E-state index in [9.17, 15) is 8.42 Å². The van der Waals surface area contributed by atoms with E-state index in [-0.39, 0.29) is 16.3 Å². The molecule has 9 heteroatoms. The van der Waals surface area contributed by atoms with Crippen LogP contribution in [0.1, 0.15) is 38.3 Å². The molecule has 0 radical (unpaired) electrons. The van der Waals surface area contributed by atoms with Crippen LogP contribution in [0.25, 0.3) is 10.9 Å². The number of rotatable bonds is 6. The Kier molecular flexibility index (Phi) is 5.37. The number of amidine groups is 1. The number of piperidine rings is 1. The summed E-state index contributed by atoms with van der Waals surface area (Å²) in [6.45, 7) is 3.04. The van der Waals surface area contributed by atoms with Crippen LogP contribution in [0, 0.1) is 5.92 Å². The van der Waals surface area contributed by atoms with Crippen LogP contribution in [0.15, 0.2) is 64.1 Å². The Bertz CT molecular complexity index is 1230.